The largest absolute Gasteiger partial charge is 0.379 e. The standard InChI is InChI=1S/C20H27N5O4S2/c1-3-25-18(15-4-5-15)22-23-20(25)30-14(2)19(26)21-16-6-8-17(9-7-16)31(27,28)24-10-12-29-13-11-24/h6-9,14-15H,3-5,10-13H2,1-2H3,(H,21,26)/t14-/m1/s1. The maximum Gasteiger partial charge on any atom is 0.243 e. The maximum atomic E-state index is 12.7. The average Bonchev–Trinajstić information content (AvgIpc) is 3.55. The van der Waals surface area contributed by atoms with Crippen LogP contribution in [-0.2, 0) is 26.1 Å². The zero-order chi connectivity index (χ0) is 22.0. The zero-order valence-corrected chi connectivity index (χ0v) is 19.3. The van der Waals surface area contributed by atoms with E-state index >= 15 is 0 Å². The van der Waals surface area contributed by atoms with E-state index in [0.717, 1.165) is 30.4 Å². The summed E-state index contributed by atoms with van der Waals surface area (Å²) < 4.78 is 34.1. The Morgan fingerprint density at radius 2 is 1.90 bits per heavy atom. The van der Waals surface area contributed by atoms with Gasteiger partial charge in [0.1, 0.15) is 5.82 Å². The number of hydrogen-bond acceptors (Lipinski definition) is 7. The second-order valence-electron chi connectivity index (χ2n) is 7.65. The number of nitrogens with zero attached hydrogens (tertiary/aromatic N) is 4. The van der Waals surface area contributed by atoms with Gasteiger partial charge in [-0.15, -0.1) is 10.2 Å². The predicted molar refractivity (Wildman–Crippen MR) is 118 cm³/mol. The molecule has 1 amide bonds. The molecule has 31 heavy (non-hydrogen) atoms. The SMILES string of the molecule is CCn1c(S[C@H](C)C(=O)Nc2ccc(S(=O)(=O)N3CCOCC3)cc2)nnc1C1CC1. The molecule has 11 heteroatoms. The van der Waals surface area contributed by atoms with Crippen LogP contribution in [0.4, 0.5) is 5.69 Å². The number of nitrogens with one attached hydrogen (secondary N) is 1. The highest BCUT2D eigenvalue weighted by Gasteiger charge is 2.31. The third-order valence-corrected chi connectivity index (χ3v) is 8.38. The van der Waals surface area contributed by atoms with Gasteiger partial charge in [-0.3, -0.25) is 4.79 Å². The fraction of sp³-hybridized carbons (Fsp3) is 0.550. The molecular weight excluding hydrogens is 438 g/mol. The smallest absolute Gasteiger partial charge is 0.243 e. The number of amides is 1. The summed E-state index contributed by atoms with van der Waals surface area (Å²) in [6.07, 6.45) is 2.30. The number of benzene rings is 1. The topological polar surface area (TPSA) is 106 Å². The fourth-order valence-electron chi connectivity index (χ4n) is 3.43. The number of ether oxygens (including phenoxy) is 1. The maximum absolute atomic E-state index is 12.7. The van der Waals surface area contributed by atoms with E-state index in [-0.39, 0.29) is 16.1 Å². The fourth-order valence-corrected chi connectivity index (χ4v) is 5.76. The van der Waals surface area contributed by atoms with Crippen LogP contribution in [0.5, 0.6) is 0 Å². The van der Waals surface area contributed by atoms with Crippen LogP contribution in [0, 0.1) is 0 Å². The second-order valence-corrected chi connectivity index (χ2v) is 10.9. The highest BCUT2D eigenvalue weighted by Crippen LogP contribution is 2.40. The van der Waals surface area contributed by atoms with Crippen molar-refractivity contribution in [2.45, 2.75) is 54.5 Å². The number of aromatic nitrogens is 3. The second kappa shape index (κ2) is 9.27. The summed E-state index contributed by atoms with van der Waals surface area (Å²) in [6.45, 7) is 6.14. The lowest BCUT2D eigenvalue weighted by molar-refractivity contribution is -0.115. The Morgan fingerprint density at radius 1 is 1.23 bits per heavy atom. The molecule has 1 aromatic heterocycles. The molecule has 1 N–H and O–H groups in total. The lowest BCUT2D eigenvalue weighted by Gasteiger charge is -2.26. The summed E-state index contributed by atoms with van der Waals surface area (Å²) >= 11 is 1.38. The van der Waals surface area contributed by atoms with Gasteiger partial charge in [-0.2, -0.15) is 4.31 Å². The van der Waals surface area contributed by atoms with E-state index in [1.54, 1.807) is 12.1 Å². The van der Waals surface area contributed by atoms with Crippen molar-refractivity contribution in [1.82, 2.24) is 19.1 Å². The molecule has 1 saturated carbocycles. The molecule has 0 spiro atoms. The lowest BCUT2D eigenvalue weighted by Crippen LogP contribution is -2.40. The van der Waals surface area contributed by atoms with Gasteiger partial charge in [-0.05, 0) is 51.0 Å². The molecule has 1 aliphatic heterocycles. The number of anilines is 1. The Bertz CT molecular complexity index is 1030. The molecular formula is C20H27N5O4S2. The van der Waals surface area contributed by atoms with Crippen LogP contribution in [0.15, 0.2) is 34.3 Å². The highest BCUT2D eigenvalue weighted by molar-refractivity contribution is 8.00. The van der Waals surface area contributed by atoms with Gasteiger partial charge in [0.05, 0.1) is 23.4 Å². The summed E-state index contributed by atoms with van der Waals surface area (Å²) in [5.74, 6) is 1.33. The van der Waals surface area contributed by atoms with E-state index in [1.807, 2.05) is 6.92 Å². The van der Waals surface area contributed by atoms with E-state index < -0.39 is 10.0 Å². The minimum atomic E-state index is -3.55. The number of rotatable bonds is 8. The first-order chi connectivity index (χ1) is 14.9. The van der Waals surface area contributed by atoms with E-state index in [9.17, 15) is 13.2 Å². The molecule has 0 bridgehead atoms. The molecule has 4 rings (SSSR count). The van der Waals surface area contributed by atoms with Crippen molar-refractivity contribution < 1.29 is 17.9 Å². The Kier molecular flexibility index (Phi) is 6.65. The summed E-state index contributed by atoms with van der Waals surface area (Å²) in [7, 11) is -3.55. The van der Waals surface area contributed by atoms with Gasteiger partial charge >= 0.3 is 0 Å². The molecule has 1 aliphatic carbocycles. The average molecular weight is 466 g/mol. The Morgan fingerprint density at radius 3 is 2.52 bits per heavy atom. The van der Waals surface area contributed by atoms with Crippen molar-refractivity contribution in [3.8, 4) is 0 Å². The van der Waals surface area contributed by atoms with Gasteiger partial charge in [0.15, 0.2) is 5.16 Å². The summed E-state index contributed by atoms with van der Waals surface area (Å²) in [6, 6.07) is 6.27. The normalized spacial score (nSPS) is 18.6. The van der Waals surface area contributed by atoms with E-state index in [1.165, 1.54) is 28.2 Å². The quantitative estimate of drug-likeness (QED) is 0.596. The van der Waals surface area contributed by atoms with Gasteiger partial charge < -0.3 is 14.6 Å². The molecule has 168 valence electrons. The first kappa shape index (κ1) is 22.3. The molecule has 2 heterocycles. The van der Waals surface area contributed by atoms with Gasteiger partial charge in [0, 0.05) is 31.2 Å². The van der Waals surface area contributed by atoms with Gasteiger partial charge in [-0.25, -0.2) is 8.42 Å². The molecule has 0 radical (unpaired) electrons. The van der Waals surface area contributed by atoms with Crippen molar-refractivity contribution in [2.75, 3.05) is 31.6 Å². The molecule has 2 aromatic rings. The first-order valence-electron chi connectivity index (χ1n) is 10.5. The van der Waals surface area contributed by atoms with Crippen LogP contribution in [0.25, 0.3) is 0 Å². The predicted octanol–water partition coefficient (Wildman–Crippen LogP) is 2.32. The summed E-state index contributed by atoms with van der Waals surface area (Å²) in [5, 5.41) is 11.8. The molecule has 9 nitrogen and oxygen atoms in total. The van der Waals surface area contributed by atoms with Crippen LogP contribution >= 0.6 is 11.8 Å². The minimum absolute atomic E-state index is 0.174. The lowest BCUT2D eigenvalue weighted by atomic mass is 10.3. The third kappa shape index (κ3) is 4.94. The molecule has 1 aromatic carbocycles. The molecule has 2 aliphatic rings. The number of hydrogen-bond donors (Lipinski definition) is 1. The van der Waals surface area contributed by atoms with E-state index in [0.29, 0.717) is 37.9 Å². The first-order valence-corrected chi connectivity index (χ1v) is 12.8. The van der Waals surface area contributed by atoms with Crippen LogP contribution in [0.1, 0.15) is 38.4 Å². The monoisotopic (exact) mass is 465 g/mol. The number of carbonyl (C=O) groups is 1. The van der Waals surface area contributed by atoms with E-state index in [2.05, 4.69) is 27.0 Å². The van der Waals surface area contributed by atoms with Crippen molar-refractivity contribution in [3.05, 3.63) is 30.1 Å². The number of thioether (sulfide) groups is 1. The number of morpholine rings is 1. The van der Waals surface area contributed by atoms with Crippen molar-refractivity contribution in [2.24, 2.45) is 0 Å². The van der Waals surface area contributed by atoms with Crippen molar-refractivity contribution in [3.63, 3.8) is 0 Å². The van der Waals surface area contributed by atoms with Crippen LogP contribution < -0.4 is 5.32 Å². The molecule has 2 fully saturated rings. The Hall–Kier alpha value is -1.95. The molecule has 1 atom stereocenters. The van der Waals surface area contributed by atoms with Crippen LogP contribution in [0.3, 0.4) is 0 Å². The highest BCUT2D eigenvalue weighted by atomic mass is 32.2. The Balaban J connectivity index is 1.38. The molecule has 1 saturated heterocycles. The number of carbonyl (C=O) groups excluding carboxylic acids is 1. The van der Waals surface area contributed by atoms with Crippen molar-refractivity contribution in [1.29, 1.82) is 0 Å². The number of sulfonamides is 1. The summed E-state index contributed by atoms with van der Waals surface area (Å²) in [4.78, 5) is 12.9. The van der Waals surface area contributed by atoms with Gasteiger partial charge in [-0.1, -0.05) is 11.8 Å². The molecule has 0 unspecified atom stereocenters. The van der Waals surface area contributed by atoms with E-state index in [4.69, 9.17) is 4.74 Å². The third-order valence-electron chi connectivity index (χ3n) is 5.39. The van der Waals surface area contributed by atoms with Crippen molar-refractivity contribution >= 4 is 33.4 Å². The Labute approximate surface area is 186 Å². The zero-order valence-electron chi connectivity index (χ0n) is 17.7. The van der Waals surface area contributed by atoms with Crippen LogP contribution in [0.2, 0.25) is 0 Å². The van der Waals surface area contributed by atoms with Crippen LogP contribution in [-0.4, -0.2) is 64.9 Å². The summed E-state index contributed by atoms with van der Waals surface area (Å²) in [5.41, 5.74) is 0.550. The van der Waals surface area contributed by atoms with Gasteiger partial charge in [0.25, 0.3) is 0 Å². The minimum Gasteiger partial charge on any atom is -0.379 e. The van der Waals surface area contributed by atoms with Gasteiger partial charge in [0.2, 0.25) is 15.9 Å².